The van der Waals surface area contributed by atoms with Crippen LogP contribution in [0.25, 0.3) is 0 Å². The van der Waals surface area contributed by atoms with Crippen molar-refractivity contribution in [2.45, 2.75) is 38.6 Å². The number of hydrogen-bond acceptors (Lipinski definition) is 3. The van der Waals surface area contributed by atoms with Crippen molar-refractivity contribution in [3.8, 4) is 0 Å². The average Bonchev–Trinajstić information content (AvgIpc) is 2.46. The van der Waals surface area contributed by atoms with Gasteiger partial charge in [-0.1, -0.05) is 13.3 Å². The zero-order chi connectivity index (χ0) is 9.19. The van der Waals surface area contributed by atoms with Crippen LogP contribution in [0.5, 0.6) is 0 Å². The van der Waals surface area contributed by atoms with Crippen LogP contribution >= 0.6 is 0 Å². The molecule has 0 radical (unpaired) electrons. The normalized spacial score (nSPS) is 35.1. The number of ether oxygens (including phenoxy) is 1. The molecule has 0 aromatic rings. The maximum absolute atomic E-state index is 11.5. The number of hydrogen-bond donors (Lipinski definition) is 1. The van der Waals surface area contributed by atoms with E-state index in [9.17, 15) is 4.79 Å². The summed E-state index contributed by atoms with van der Waals surface area (Å²) < 4.78 is 4.78. The van der Waals surface area contributed by atoms with Crippen molar-refractivity contribution in [3.05, 3.63) is 0 Å². The number of rotatable bonds is 2. The highest BCUT2D eigenvalue weighted by molar-refractivity contribution is 5.78. The highest BCUT2D eigenvalue weighted by Crippen LogP contribution is 2.40. The van der Waals surface area contributed by atoms with Gasteiger partial charge >= 0.3 is 5.97 Å². The van der Waals surface area contributed by atoms with E-state index in [1.807, 2.05) is 6.92 Å². The molecule has 0 spiro atoms. The topological polar surface area (TPSA) is 52.3 Å². The quantitative estimate of drug-likeness (QED) is 0.632. The first kappa shape index (κ1) is 9.52. The van der Waals surface area contributed by atoms with Gasteiger partial charge in [-0.2, -0.15) is 0 Å². The van der Waals surface area contributed by atoms with Crippen molar-refractivity contribution >= 4 is 5.97 Å². The van der Waals surface area contributed by atoms with E-state index in [-0.39, 0.29) is 17.4 Å². The molecule has 0 heterocycles. The molecule has 2 N–H and O–H groups in total. The van der Waals surface area contributed by atoms with Gasteiger partial charge in [-0.05, 0) is 19.3 Å². The summed E-state index contributed by atoms with van der Waals surface area (Å²) in [7, 11) is 1.44. The van der Waals surface area contributed by atoms with E-state index in [0.29, 0.717) is 0 Å². The molecule has 12 heavy (non-hydrogen) atoms. The monoisotopic (exact) mass is 171 g/mol. The Morgan fingerprint density at radius 2 is 2.42 bits per heavy atom. The van der Waals surface area contributed by atoms with Gasteiger partial charge in [0.15, 0.2) is 0 Å². The van der Waals surface area contributed by atoms with Gasteiger partial charge in [-0.3, -0.25) is 4.79 Å². The van der Waals surface area contributed by atoms with Gasteiger partial charge in [0.2, 0.25) is 0 Å². The molecule has 1 aliphatic carbocycles. The maximum Gasteiger partial charge on any atom is 0.313 e. The third-order valence-electron chi connectivity index (χ3n) is 3.07. The van der Waals surface area contributed by atoms with Crippen LogP contribution in [-0.2, 0) is 9.53 Å². The fourth-order valence-electron chi connectivity index (χ4n) is 2.14. The van der Waals surface area contributed by atoms with Gasteiger partial charge in [0, 0.05) is 6.04 Å². The summed E-state index contributed by atoms with van der Waals surface area (Å²) in [4.78, 5) is 11.5. The van der Waals surface area contributed by atoms with Gasteiger partial charge in [-0.15, -0.1) is 0 Å². The van der Waals surface area contributed by atoms with Crippen LogP contribution in [0.3, 0.4) is 0 Å². The third kappa shape index (κ3) is 1.22. The first-order valence-electron chi connectivity index (χ1n) is 4.51. The number of nitrogens with two attached hydrogens (primary N) is 1. The van der Waals surface area contributed by atoms with Crippen LogP contribution in [0.4, 0.5) is 0 Å². The zero-order valence-corrected chi connectivity index (χ0v) is 7.80. The second-order valence-electron chi connectivity index (χ2n) is 3.50. The summed E-state index contributed by atoms with van der Waals surface area (Å²) in [6.45, 7) is 2.00. The minimum Gasteiger partial charge on any atom is -0.469 e. The summed E-state index contributed by atoms with van der Waals surface area (Å²) in [5.41, 5.74) is 5.52. The molecule has 0 amide bonds. The van der Waals surface area contributed by atoms with Crippen molar-refractivity contribution < 1.29 is 9.53 Å². The van der Waals surface area contributed by atoms with E-state index >= 15 is 0 Å². The second-order valence-corrected chi connectivity index (χ2v) is 3.50. The summed E-state index contributed by atoms with van der Waals surface area (Å²) in [6.07, 6.45) is 3.67. The zero-order valence-electron chi connectivity index (χ0n) is 7.80. The minimum atomic E-state index is -0.380. The Hall–Kier alpha value is -0.570. The lowest BCUT2D eigenvalue weighted by Crippen LogP contribution is -2.43. The Balaban J connectivity index is 2.81. The molecule has 2 unspecified atom stereocenters. The van der Waals surface area contributed by atoms with Crippen LogP contribution in [0.1, 0.15) is 32.6 Å². The average molecular weight is 171 g/mol. The van der Waals surface area contributed by atoms with Gasteiger partial charge in [0.25, 0.3) is 0 Å². The van der Waals surface area contributed by atoms with Crippen molar-refractivity contribution in [2.75, 3.05) is 7.11 Å². The molecular weight excluding hydrogens is 154 g/mol. The van der Waals surface area contributed by atoms with Crippen molar-refractivity contribution in [1.82, 2.24) is 0 Å². The predicted molar refractivity (Wildman–Crippen MR) is 46.6 cm³/mol. The first-order valence-corrected chi connectivity index (χ1v) is 4.51. The molecule has 2 atom stereocenters. The fourth-order valence-corrected chi connectivity index (χ4v) is 2.14. The smallest absolute Gasteiger partial charge is 0.313 e. The highest BCUT2D eigenvalue weighted by Gasteiger charge is 2.46. The van der Waals surface area contributed by atoms with Gasteiger partial charge in [0.1, 0.15) is 0 Å². The van der Waals surface area contributed by atoms with Gasteiger partial charge < -0.3 is 10.5 Å². The summed E-state index contributed by atoms with van der Waals surface area (Å²) in [5, 5.41) is 0. The van der Waals surface area contributed by atoms with E-state index < -0.39 is 0 Å². The molecule has 0 bridgehead atoms. The highest BCUT2D eigenvalue weighted by atomic mass is 16.5. The van der Waals surface area contributed by atoms with Crippen LogP contribution in [0.2, 0.25) is 0 Å². The molecule has 1 aliphatic rings. The number of methoxy groups -OCH3 is 1. The molecule has 70 valence electrons. The van der Waals surface area contributed by atoms with E-state index in [2.05, 4.69) is 0 Å². The molecule has 0 aromatic carbocycles. The Labute approximate surface area is 73.3 Å². The molecule has 0 aliphatic heterocycles. The maximum atomic E-state index is 11.5. The molecule has 1 saturated carbocycles. The molecule has 0 saturated heterocycles. The Morgan fingerprint density at radius 3 is 2.75 bits per heavy atom. The van der Waals surface area contributed by atoms with Crippen LogP contribution < -0.4 is 5.73 Å². The van der Waals surface area contributed by atoms with Gasteiger partial charge in [0.05, 0.1) is 12.5 Å². The lowest BCUT2D eigenvalue weighted by molar-refractivity contribution is -0.153. The number of esters is 1. The van der Waals surface area contributed by atoms with E-state index in [4.69, 9.17) is 10.5 Å². The standard InChI is InChI=1S/C9H17NO2/c1-3-9(8(11)12-2)6-4-5-7(9)10/h7H,3-6,10H2,1-2H3. The second kappa shape index (κ2) is 3.44. The molecule has 1 fully saturated rings. The van der Waals surface area contributed by atoms with Crippen LogP contribution in [0, 0.1) is 5.41 Å². The Bertz CT molecular complexity index is 181. The lowest BCUT2D eigenvalue weighted by atomic mass is 9.80. The van der Waals surface area contributed by atoms with Gasteiger partial charge in [-0.25, -0.2) is 0 Å². The number of carbonyl (C=O) groups excluding carboxylic acids is 1. The van der Waals surface area contributed by atoms with Crippen LogP contribution in [0.15, 0.2) is 0 Å². The molecule has 3 heteroatoms. The van der Waals surface area contributed by atoms with Crippen molar-refractivity contribution in [1.29, 1.82) is 0 Å². The lowest BCUT2D eigenvalue weighted by Gasteiger charge is -2.28. The fraction of sp³-hybridized carbons (Fsp3) is 0.889. The summed E-state index contributed by atoms with van der Waals surface area (Å²) in [5.74, 6) is -0.130. The summed E-state index contributed by atoms with van der Waals surface area (Å²) in [6, 6.07) is -0.00468. The number of carbonyl (C=O) groups is 1. The van der Waals surface area contributed by atoms with E-state index in [1.54, 1.807) is 0 Å². The molecule has 0 aromatic heterocycles. The summed E-state index contributed by atoms with van der Waals surface area (Å²) >= 11 is 0. The van der Waals surface area contributed by atoms with Crippen molar-refractivity contribution in [2.24, 2.45) is 11.1 Å². The minimum absolute atomic E-state index is 0.00468. The third-order valence-corrected chi connectivity index (χ3v) is 3.07. The Morgan fingerprint density at radius 1 is 1.75 bits per heavy atom. The molecular formula is C9H17NO2. The molecule has 3 nitrogen and oxygen atoms in total. The van der Waals surface area contributed by atoms with Crippen molar-refractivity contribution in [3.63, 3.8) is 0 Å². The first-order chi connectivity index (χ1) is 5.67. The van der Waals surface area contributed by atoms with E-state index in [1.165, 1.54) is 7.11 Å². The SMILES string of the molecule is CCC1(C(=O)OC)CCCC1N. The largest absolute Gasteiger partial charge is 0.469 e. The van der Waals surface area contributed by atoms with E-state index in [0.717, 1.165) is 25.7 Å². The molecule has 1 rings (SSSR count). The van der Waals surface area contributed by atoms with Crippen LogP contribution in [-0.4, -0.2) is 19.1 Å². The Kier molecular flexibility index (Phi) is 2.73. The predicted octanol–water partition coefficient (Wildman–Crippen LogP) is 1.07.